The van der Waals surface area contributed by atoms with Gasteiger partial charge in [-0.25, -0.2) is 0 Å². The van der Waals surface area contributed by atoms with E-state index in [0.717, 1.165) is 19.7 Å². The van der Waals surface area contributed by atoms with Crippen molar-refractivity contribution in [3.05, 3.63) is 35.9 Å². The molecular weight excluding hydrogens is 224 g/mol. The summed E-state index contributed by atoms with van der Waals surface area (Å²) in [7, 11) is 0. The lowest BCUT2D eigenvalue weighted by molar-refractivity contribution is 0.0378. The second-order valence-electron chi connectivity index (χ2n) is 5.28. The molecule has 3 heteroatoms. The Kier molecular flexibility index (Phi) is 5.17. The van der Waals surface area contributed by atoms with Crippen molar-refractivity contribution in [1.82, 2.24) is 4.90 Å². The summed E-state index contributed by atoms with van der Waals surface area (Å²) < 4.78 is 5.76. The number of benzene rings is 1. The van der Waals surface area contributed by atoms with Gasteiger partial charge in [0, 0.05) is 25.7 Å². The summed E-state index contributed by atoms with van der Waals surface area (Å²) in [6.07, 6.45) is 1.26. The second-order valence-corrected chi connectivity index (χ2v) is 5.28. The first-order valence-corrected chi connectivity index (χ1v) is 6.85. The summed E-state index contributed by atoms with van der Waals surface area (Å²) in [6, 6.07) is 10.9. The molecule has 0 bridgehead atoms. The zero-order valence-electron chi connectivity index (χ0n) is 11.2. The highest BCUT2D eigenvalue weighted by atomic mass is 16.5. The second kappa shape index (κ2) is 6.88. The van der Waals surface area contributed by atoms with Crippen molar-refractivity contribution in [3.63, 3.8) is 0 Å². The van der Waals surface area contributed by atoms with Crippen molar-refractivity contribution < 1.29 is 4.74 Å². The standard InChI is InChI=1S/C15H24N2O/c1-13(10-17-8-7-15(17)9-16)11-18-12-14-5-3-2-4-6-14/h2-6,13,15H,7-12,16H2,1H3. The number of likely N-dealkylation sites (tertiary alicyclic amines) is 1. The Morgan fingerprint density at radius 3 is 2.78 bits per heavy atom. The molecular formula is C15H24N2O. The van der Waals surface area contributed by atoms with Crippen molar-refractivity contribution >= 4 is 0 Å². The van der Waals surface area contributed by atoms with Crippen LogP contribution in [0, 0.1) is 5.92 Å². The molecule has 1 aliphatic rings. The van der Waals surface area contributed by atoms with Gasteiger partial charge >= 0.3 is 0 Å². The van der Waals surface area contributed by atoms with Crippen LogP contribution < -0.4 is 5.73 Å². The highest BCUT2D eigenvalue weighted by Crippen LogP contribution is 2.18. The third-order valence-electron chi connectivity index (χ3n) is 3.60. The van der Waals surface area contributed by atoms with Gasteiger partial charge in [-0.15, -0.1) is 0 Å². The number of nitrogens with zero attached hydrogens (tertiary/aromatic N) is 1. The zero-order chi connectivity index (χ0) is 12.8. The first kappa shape index (κ1) is 13.5. The minimum atomic E-state index is 0.572. The number of hydrogen-bond acceptors (Lipinski definition) is 3. The van der Waals surface area contributed by atoms with Gasteiger partial charge in [-0.1, -0.05) is 37.3 Å². The summed E-state index contributed by atoms with van der Waals surface area (Å²) in [6.45, 7) is 6.88. The molecule has 1 aromatic carbocycles. The molecule has 0 radical (unpaired) electrons. The molecule has 1 saturated heterocycles. The number of nitrogens with two attached hydrogens (primary N) is 1. The smallest absolute Gasteiger partial charge is 0.0717 e. The first-order valence-electron chi connectivity index (χ1n) is 6.85. The van der Waals surface area contributed by atoms with Crippen LogP contribution in [0.4, 0.5) is 0 Å². The fourth-order valence-corrected chi connectivity index (χ4v) is 2.41. The average Bonchev–Trinajstić information content (AvgIpc) is 2.37. The summed E-state index contributed by atoms with van der Waals surface area (Å²) in [4.78, 5) is 2.47. The molecule has 3 nitrogen and oxygen atoms in total. The van der Waals surface area contributed by atoms with E-state index in [-0.39, 0.29) is 0 Å². The molecule has 2 rings (SSSR count). The number of hydrogen-bond donors (Lipinski definition) is 1. The minimum absolute atomic E-state index is 0.572. The number of ether oxygens (including phenoxy) is 1. The van der Waals surface area contributed by atoms with Gasteiger partial charge in [-0.3, -0.25) is 4.90 Å². The van der Waals surface area contributed by atoms with Crippen molar-refractivity contribution in [2.24, 2.45) is 11.7 Å². The van der Waals surface area contributed by atoms with Gasteiger partial charge in [-0.2, -0.15) is 0 Å². The largest absolute Gasteiger partial charge is 0.376 e. The topological polar surface area (TPSA) is 38.5 Å². The van der Waals surface area contributed by atoms with Gasteiger partial charge < -0.3 is 10.5 Å². The van der Waals surface area contributed by atoms with Crippen LogP contribution in [-0.4, -0.2) is 37.2 Å². The van der Waals surface area contributed by atoms with Crippen molar-refractivity contribution in [2.45, 2.75) is 26.0 Å². The Hall–Kier alpha value is -0.900. The first-order chi connectivity index (χ1) is 8.79. The molecule has 2 atom stereocenters. The molecule has 100 valence electrons. The summed E-state index contributed by atoms with van der Waals surface area (Å²) >= 11 is 0. The van der Waals surface area contributed by atoms with Gasteiger partial charge in [-0.05, 0) is 17.9 Å². The minimum Gasteiger partial charge on any atom is -0.376 e. The monoisotopic (exact) mass is 248 g/mol. The predicted octanol–water partition coefficient (Wildman–Crippen LogP) is 1.87. The Morgan fingerprint density at radius 2 is 2.17 bits per heavy atom. The van der Waals surface area contributed by atoms with Crippen LogP contribution in [0.2, 0.25) is 0 Å². The Morgan fingerprint density at radius 1 is 1.39 bits per heavy atom. The molecule has 2 unspecified atom stereocenters. The average molecular weight is 248 g/mol. The highest BCUT2D eigenvalue weighted by molar-refractivity contribution is 5.13. The maximum Gasteiger partial charge on any atom is 0.0717 e. The molecule has 0 amide bonds. The normalized spacial score (nSPS) is 21.6. The number of rotatable bonds is 7. The van der Waals surface area contributed by atoms with Gasteiger partial charge in [0.05, 0.1) is 13.2 Å². The van der Waals surface area contributed by atoms with E-state index in [9.17, 15) is 0 Å². The van der Waals surface area contributed by atoms with E-state index in [1.807, 2.05) is 18.2 Å². The van der Waals surface area contributed by atoms with E-state index in [1.165, 1.54) is 18.5 Å². The molecule has 1 heterocycles. The lowest BCUT2D eigenvalue weighted by Crippen LogP contribution is -2.53. The zero-order valence-corrected chi connectivity index (χ0v) is 11.2. The SMILES string of the molecule is CC(COCc1ccccc1)CN1CCC1CN. The van der Waals surface area contributed by atoms with Gasteiger partial charge in [0.1, 0.15) is 0 Å². The van der Waals surface area contributed by atoms with Crippen LogP contribution in [0.5, 0.6) is 0 Å². The van der Waals surface area contributed by atoms with Crippen molar-refractivity contribution in [2.75, 3.05) is 26.2 Å². The molecule has 1 aromatic rings. The van der Waals surface area contributed by atoms with E-state index >= 15 is 0 Å². The van der Waals surface area contributed by atoms with E-state index < -0.39 is 0 Å². The van der Waals surface area contributed by atoms with Crippen LogP contribution in [0.1, 0.15) is 18.9 Å². The lowest BCUT2D eigenvalue weighted by Gasteiger charge is -2.41. The quantitative estimate of drug-likeness (QED) is 0.800. The van der Waals surface area contributed by atoms with E-state index in [1.54, 1.807) is 0 Å². The molecule has 0 aliphatic carbocycles. The molecule has 1 fully saturated rings. The fourth-order valence-electron chi connectivity index (χ4n) is 2.41. The maximum atomic E-state index is 5.76. The van der Waals surface area contributed by atoms with Crippen LogP contribution in [0.25, 0.3) is 0 Å². The third kappa shape index (κ3) is 3.80. The van der Waals surface area contributed by atoms with Crippen molar-refractivity contribution in [3.8, 4) is 0 Å². The van der Waals surface area contributed by atoms with E-state index in [2.05, 4.69) is 24.0 Å². The fraction of sp³-hybridized carbons (Fsp3) is 0.600. The van der Waals surface area contributed by atoms with Gasteiger partial charge in [0.2, 0.25) is 0 Å². The lowest BCUT2D eigenvalue weighted by atomic mass is 10.0. The molecule has 1 aliphatic heterocycles. The summed E-state index contributed by atoms with van der Waals surface area (Å²) in [5.74, 6) is 0.572. The molecule has 0 aromatic heterocycles. The van der Waals surface area contributed by atoms with Crippen LogP contribution in [0.15, 0.2) is 30.3 Å². The third-order valence-corrected chi connectivity index (χ3v) is 3.60. The molecule has 2 N–H and O–H groups in total. The summed E-state index contributed by atoms with van der Waals surface area (Å²) in [5, 5.41) is 0. The molecule has 0 spiro atoms. The highest BCUT2D eigenvalue weighted by Gasteiger charge is 2.27. The Bertz CT molecular complexity index is 340. The molecule has 0 saturated carbocycles. The summed E-state index contributed by atoms with van der Waals surface area (Å²) in [5.41, 5.74) is 6.95. The van der Waals surface area contributed by atoms with Gasteiger partial charge in [0.15, 0.2) is 0 Å². The maximum absolute atomic E-state index is 5.76. The van der Waals surface area contributed by atoms with Crippen molar-refractivity contribution in [1.29, 1.82) is 0 Å². The van der Waals surface area contributed by atoms with E-state index in [0.29, 0.717) is 18.6 Å². The Balaban J connectivity index is 1.62. The predicted molar refractivity (Wildman–Crippen MR) is 74.3 cm³/mol. The van der Waals surface area contributed by atoms with E-state index in [4.69, 9.17) is 10.5 Å². The molecule has 18 heavy (non-hydrogen) atoms. The van der Waals surface area contributed by atoms with Crippen LogP contribution in [0.3, 0.4) is 0 Å². The van der Waals surface area contributed by atoms with Crippen LogP contribution >= 0.6 is 0 Å². The van der Waals surface area contributed by atoms with Crippen LogP contribution in [-0.2, 0) is 11.3 Å². The Labute approximate surface area is 110 Å². The van der Waals surface area contributed by atoms with Gasteiger partial charge in [0.25, 0.3) is 0 Å².